The first-order valence-electron chi connectivity index (χ1n) is 6.59. The molecule has 2 rings (SSSR count). The lowest BCUT2D eigenvalue weighted by molar-refractivity contribution is 0.413. The summed E-state index contributed by atoms with van der Waals surface area (Å²) in [5.41, 5.74) is 2.51. The SMILES string of the molecule is COc1ccc(CNc2cccnc2N(C)C)cc1C#N. The molecule has 0 unspecified atom stereocenters. The zero-order valence-corrected chi connectivity index (χ0v) is 12.4. The first-order chi connectivity index (χ1) is 10.2. The van der Waals surface area contributed by atoms with Gasteiger partial charge >= 0.3 is 0 Å². The third kappa shape index (κ3) is 3.42. The fourth-order valence-corrected chi connectivity index (χ4v) is 2.04. The molecule has 1 N–H and O–H groups in total. The normalized spacial score (nSPS) is 9.81. The molecule has 0 spiro atoms. The Balaban J connectivity index is 2.16. The van der Waals surface area contributed by atoms with Crippen molar-refractivity contribution in [1.29, 1.82) is 5.26 Å². The van der Waals surface area contributed by atoms with Gasteiger partial charge in [0.25, 0.3) is 0 Å². The Morgan fingerprint density at radius 3 is 2.81 bits per heavy atom. The number of rotatable bonds is 5. The van der Waals surface area contributed by atoms with Gasteiger partial charge in [-0.3, -0.25) is 0 Å². The molecule has 0 aliphatic rings. The van der Waals surface area contributed by atoms with Crippen LogP contribution in [0.2, 0.25) is 0 Å². The topological polar surface area (TPSA) is 61.2 Å². The predicted molar refractivity (Wildman–Crippen MR) is 83.6 cm³/mol. The summed E-state index contributed by atoms with van der Waals surface area (Å²) in [5.74, 6) is 1.48. The summed E-state index contributed by atoms with van der Waals surface area (Å²) in [6.07, 6.45) is 1.77. The van der Waals surface area contributed by atoms with Crippen LogP contribution in [0.25, 0.3) is 0 Å². The van der Waals surface area contributed by atoms with Crippen molar-refractivity contribution in [1.82, 2.24) is 4.98 Å². The number of pyridine rings is 1. The number of nitriles is 1. The molecule has 0 fully saturated rings. The van der Waals surface area contributed by atoms with Crippen LogP contribution in [0.15, 0.2) is 36.5 Å². The number of ether oxygens (including phenoxy) is 1. The Kier molecular flexibility index (Phi) is 4.62. The maximum absolute atomic E-state index is 9.11. The molecule has 0 atom stereocenters. The van der Waals surface area contributed by atoms with Gasteiger partial charge in [-0.2, -0.15) is 5.26 Å². The van der Waals surface area contributed by atoms with Crippen molar-refractivity contribution in [3.63, 3.8) is 0 Å². The average molecular weight is 282 g/mol. The lowest BCUT2D eigenvalue weighted by Gasteiger charge is -2.17. The predicted octanol–water partition coefficient (Wildman–Crippen LogP) is 2.64. The highest BCUT2D eigenvalue weighted by molar-refractivity contribution is 5.64. The monoisotopic (exact) mass is 282 g/mol. The van der Waals surface area contributed by atoms with E-state index in [2.05, 4.69) is 16.4 Å². The summed E-state index contributed by atoms with van der Waals surface area (Å²) in [6, 6.07) is 11.6. The molecule has 1 aromatic heterocycles. The Labute approximate surface area is 124 Å². The average Bonchev–Trinajstić information content (AvgIpc) is 2.52. The molecule has 108 valence electrons. The number of anilines is 2. The minimum absolute atomic E-state index is 0.538. The number of nitrogens with zero attached hydrogens (tertiary/aromatic N) is 3. The molecule has 2 aromatic rings. The highest BCUT2D eigenvalue weighted by Gasteiger charge is 2.07. The van der Waals surface area contributed by atoms with Crippen LogP contribution >= 0.6 is 0 Å². The molecule has 0 bridgehead atoms. The summed E-state index contributed by atoms with van der Waals surface area (Å²) in [5, 5.41) is 12.5. The quantitative estimate of drug-likeness (QED) is 0.913. The van der Waals surface area contributed by atoms with Gasteiger partial charge in [-0.05, 0) is 29.8 Å². The van der Waals surface area contributed by atoms with Crippen LogP contribution < -0.4 is 15.0 Å². The number of nitrogens with one attached hydrogen (secondary N) is 1. The van der Waals surface area contributed by atoms with Crippen LogP contribution in [0.3, 0.4) is 0 Å². The Morgan fingerprint density at radius 1 is 1.33 bits per heavy atom. The van der Waals surface area contributed by atoms with E-state index >= 15 is 0 Å². The van der Waals surface area contributed by atoms with Crippen LogP contribution in [0.5, 0.6) is 5.75 Å². The maximum Gasteiger partial charge on any atom is 0.151 e. The molecule has 5 heteroatoms. The summed E-state index contributed by atoms with van der Waals surface area (Å²) < 4.78 is 5.14. The van der Waals surface area contributed by atoms with E-state index in [1.807, 2.05) is 49.3 Å². The molecule has 0 radical (unpaired) electrons. The molecule has 5 nitrogen and oxygen atoms in total. The van der Waals surface area contributed by atoms with Crippen LogP contribution in [0.1, 0.15) is 11.1 Å². The van der Waals surface area contributed by atoms with Gasteiger partial charge in [0.05, 0.1) is 18.4 Å². The van der Waals surface area contributed by atoms with Gasteiger partial charge in [0, 0.05) is 26.8 Å². The van der Waals surface area contributed by atoms with E-state index in [-0.39, 0.29) is 0 Å². The van der Waals surface area contributed by atoms with Gasteiger partial charge in [0.1, 0.15) is 11.8 Å². The van der Waals surface area contributed by atoms with E-state index in [1.165, 1.54) is 0 Å². The summed E-state index contributed by atoms with van der Waals surface area (Å²) in [7, 11) is 5.47. The molecule has 0 aliphatic heterocycles. The van der Waals surface area contributed by atoms with E-state index in [0.29, 0.717) is 17.9 Å². The Hall–Kier alpha value is -2.74. The van der Waals surface area contributed by atoms with Gasteiger partial charge in [0.15, 0.2) is 5.82 Å². The minimum atomic E-state index is 0.538. The number of aromatic nitrogens is 1. The van der Waals surface area contributed by atoms with E-state index in [9.17, 15) is 0 Å². The number of benzene rings is 1. The number of hydrogen-bond donors (Lipinski definition) is 1. The number of hydrogen-bond acceptors (Lipinski definition) is 5. The smallest absolute Gasteiger partial charge is 0.151 e. The van der Waals surface area contributed by atoms with Gasteiger partial charge in [-0.15, -0.1) is 0 Å². The van der Waals surface area contributed by atoms with Crippen LogP contribution in [-0.2, 0) is 6.54 Å². The first-order valence-corrected chi connectivity index (χ1v) is 6.59. The standard InChI is InChI=1S/C16H18N4O/c1-20(2)16-14(5-4-8-18-16)19-11-12-6-7-15(21-3)13(9-12)10-17/h4-9,19H,11H2,1-3H3. The van der Waals surface area contributed by atoms with Crippen molar-refractivity contribution in [2.45, 2.75) is 6.54 Å². The lowest BCUT2D eigenvalue weighted by Crippen LogP contribution is -2.13. The van der Waals surface area contributed by atoms with Crippen molar-refractivity contribution in [2.24, 2.45) is 0 Å². The van der Waals surface area contributed by atoms with E-state index in [4.69, 9.17) is 10.00 Å². The summed E-state index contributed by atoms with van der Waals surface area (Å²) in [4.78, 5) is 6.30. The van der Waals surface area contributed by atoms with E-state index < -0.39 is 0 Å². The lowest BCUT2D eigenvalue weighted by atomic mass is 10.1. The largest absolute Gasteiger partial charge is 0.495 e. The van der Waals surface area contributed by atoms with Crippen molar-refractivity contribution in [3.05, 3.63) is 47.7 Å². The van der Waals surface area contributed by atoms with Crippen molar-refractivity contribution < 1.29 is 4.74 Å². The van der Waals surface area contributed by atoms with Crippen molar-refractivity contribution in [2.75, 3.05) is 31.4 Å². The molecule has 21 heavy (non-hydrogen) atoms. The van der Waals surface area contributed by atoms with Crippen LogP contribution in [0.4, 0.5) is 11.5 Å². The summed E-state index contributed by atoms with van der Waals surface area (Å²) >= 11 is 0. The van der Waals surface area contributed by atoms with Crippen LogP contribution in [0, 0.1) is 11.3 Å². The summed E-state index contributed by atoms with van der Waals surface area (Å²) in [6.45, 7) is 0.616. The number of methoxy groups -OCH3 is 1. The van der Waals surface area contributed by atoms with Crippen molar-refractivity contribution >= 4 is 11.5 Å². The maximum atomic E-state index is 9.11. The third-order valence-electron chi connectivity index (χ3n) is 3.08. The van der Waals surface area contributed by atoms with Gasteiger partial charge in [0.2, 0.25) is 0 Å². The molecule has 0 aliphatic carbocycles. The second-order valence-corrected chi connectivity index (χ2v) is 4.77. The van der Waals surface area contributed by atoms with Gasteiger partial charge in [-0.25, -0.2) is 4.98 Å². The van der Waals surface area contributed by atoms with Crippen molar-refractivity contribution in [3.8, 4) is 11.8 Å². The Morgan fingerprint density at radius 2 is 2.14 bits per heavy atom. The zero-order valence-electron chi connectivity index (χ0n) is 12.4. The zero-order chi connectivity index (χ0) is 15.2. The Bertz CT molecular complexity index is 662. The third-order valence-corrected chi connectivity index (χ3v) is 3.08. The highest BCUT2D eigenvalue weighted by atomic mass is 16.5. The molecule has 0 amide bonds. The minimum Gasteiger partial charge on any atom is -0.495 e. The second kappa shape index (κ2) is 6.62. The van der Waals surface area contributed by atoms with Gasteiger partial charge in [-0.1, -0.05) is 6.07 Å². The second-order valence-electron chi connectivity index (χ2n) is 4.77. The van der Waals surface area contributed by atoms with E-state index in [1.54, 1.807) is 13.3 Å². The molecule has 0 saturated carbocycles. The van der Waals surface area contributed by atoms with Crippen LogP contribution in [-0.4, -0.2) is 26.2 Å². The fraction of sp³-hybridized carbons (Fsp3) is 0.250. The van der Waals surface area contributed by atoms with E-state index in [0.717, 1.165) is 17.1 Å². The van der Waals surface area contributed by atoms with Gasteiger partial charge < -0.3 is 15.0 Å². The molecular formula is C16H18N4O. The first kappa shape index (κ1) is 14.7. The highest BCUT2D eigenvalue weighted by Crippen LogP contribution is 2.23. The molecular weight excluding hydrogens is 264 g/mol. The molecule has 1 heterocycles. The molecule has 0 saturated heterocycles. The fourth-order valence-electron chi connectivity index (χ4n) is 2.04. The molecule has 1 aromatic carbocycles.